The molecular weight excluding hydrogens is 341 g/mol. The molecule has 4 nitrogen and oxygen atoms in total. The maximum absolute atomic E-state index is 12.9. The molecule has 0 radical (unpaired) electrons. The van der Waals surface area contributed by atoms with Gasteiger partial charge in [-0.1, -0.05) is 24.3 Å². The van der Waals surface area contributed by atoms with Crippen molar-refractivity contribution in [2.45, 2.75) is 20.4 Å². The van der Waals surface area contributed by atoms with Crippen molar-refractivity contribution >= 4 is 17.4 Å². The number of aromatic nitrogens is 1. The molecule has 2 aromatic carbocycles. The van der Waals surface area contributed by atoms with Crippen LogP contribution < -0.4 is 10.2 Å². The number of carbonyl (C=O) groups excluding carboxylic acids is 1. The minimum Gasteiger partial charge on any atom is -0.348 e. The number of benzene rings is 2. The molecule has 0 bridgehead atoms. The number of nitrogens with zero attached hydrogens (tertiary/aromatic N) is 2. The van der Waals surface area contributed by atoms with Gasteiger partial charge in [-0.2, -0.15) is 0 Å². The van der Waals surface area contributed by atoms with Crippen LogP contribution in [0.1, 0.15) is 28.4 Å². The van der Waals surface area contributed by atoms with Crippen molar-refractivity contribution in [2.75, 3.05) is 11.4 Å². The minimum absolute atomic E-state index is 0.211. The summed E-state index contributed by atoms with van der Waals surface area (Å²) in [7, 11) is 0. The molecule has 0 aliphatic rings. The Morgan fingerprint density at radius 2 is 1.89 bits per heavy atom. The summed E-state index contributed by atoms with van der Waals surface area (Å²) >= 11 is 0. The second-order valence-electron chi connectivity index (χ2n) is 6.30. The molecule has 0 aliphatic heterocycles. The summed E-state index contributed by atoms with van der Waals surface area (Å²) in [6.07, 6.45) is 1.58. The number of halogens is 1. The largest absolute Gasteiger partial charge is 0.348 e. The van der Waals surface area contributed by atoms with E-state index >= 15 is 0 Å². The predicted octanol–water partition coefficient (Wildman–Crippen LogP) is 4.62. The first-order valence-corrected chi connectivity index (χ1v) is 8.89. The minimum atomic E-state index is -0.293. The van der Waals surface area contributed by atoms with Gasteiger partial charge in [0.05, 0.1) is 5.56 Å². The number of pyridine rings is 1. The molecule has 0 aliphatic carbocycles. The summed E-state index contributed by atoms with van der Waals surface area (Å²) in [5.74, 6) is 0.286. The normalized spacial score (nSPS) is 10.5. The van der Waals surface area contributed by atoms with Gasteiger partial charge >= 0.3 is 0 Å². The van der Waals surface area contributed by atoms with Crippen molar-refractivity contribution in [3.8, 4) is 0 Å². The second kappa shape index (κ2) is 8.45. The van der Waals surface area contributed by atoms with E-state index in [0.717, 1.165) is 23.6 Å². The molecule has 1 N–H and O–H groups in total. The van der Waals surface area contributed by atoms with Crippen LogP contribution in [0.25, 0.3) is 0 Å². The summed E-state index contributed by atoms with van der Waals surface area (Å²) in [4.78, 5) is 18.9. The zero-order valence-electron chi connectivity index (χ0n) is 15.4. The smallest absolute Gasteiger partial charge is 0.253 e. The van der Waals surface area contributed by atoms with Crippen LogP contribution in [0.4, 0.5) is 15.9 Å². The van der Waals surface area contributed by atoms with E-state index in [1.165, 1.54) is 17.7 Å². The molecule has 1 heterocycles. The van der Waals surface area contributed by atoms with Crippen LogP contribution in [0.5, 0.6) is 0 Å². The highest BCUT2D eigenvalue weighted by Gasteiger charge is 2.11. The van der Waals surface area contributed by atoms with E-state index < -0.39 is 0 Å². The van der Waals surface area contributed by atoms with E-state index in [-0.39, 0.29) is 11.7 Å². The maximum Gasteiger partial charge on any atom is 0.253 e. The van der Waals surface area contributed by atoms with Crippen molar-refractivity contribution in [3.05, 3.63) is 89.4 Å². The number of rotatable bonds is 6. The Balaban J connectivity index is 1.68. The van der Waals surface area contributed by atoms with Crippen molar-refractivity contribution in [1.82, 2.24) is 10.3 Å². The van der Waals surface area contributed by atoms with E-state index in [9.17, 15) is 9.18 Å². The van der Waals surface area contributed by atoms with Gasteiger partial charge in [0.1, 0.15) is 11.6 Å². The molecule has 138 valence electrons. The molecule has 1 aromatic heterocycles. The van der Waals surface area contributed by atoms with Crippen molar-refractivity contribution in [3.63, 3.8) is 0 Å². The van der Waals surface area contributed by atoms with Crippen molar-refractivity contribution in [2.24, 2.45) is 0 Å². The van der Waals surface area contributed by atoms with Crippen LogP contribution in [0.15, 0.2) is 66.9 Å². The van der Waals surface area contributed by atoms with Gasteiger partial charge in [-0.3, -0.25) is 4.79 Å². The number of carbonyl (C=O) groups is 1. The van der Waals surface area contributed by atoms with Crippen molar-refractivity contribution in [1.29, 1.82) is 0 Å². The lowest BCUT2D eigenvalue weighted by Gasteiger charge is -2.22. The highest BCUT2D eigenvalue weighted by atomic mass is 19.1. The molecule has 3 aromatic rings. The van der Waals surface area contributed by atoms with E-state index in [2.05, 4.69) is 41.2 Å². The average Bonchev–Trinajstić information content (AvgIpc) is 2.68. The standard InChI is InChI=1S/C22H22FN3O/c1-3-26(20-6-4-5-16(2)13-20)21-12-9-18(15-24-21)22(27)25-14-17-7-10-19(23)11-8-17/h4-13,15H,3,14H2,1-2H3,(H,25,27). The topological polar surface area (TPSA) is 45.2 Å². The highest BCUT2D eigenvalue weighted by Crippen LogP contribution is 2.24. The molecule has 5 heteroatoms. The monoisotopic (exact) mass is 363 g/mol. The zero-order valence-corrected chi connectivity index (χ0v) is 15.4. The fourth-order valence-electron chi connectivity index (χ4n) is 2.84. The summed E-state index contributed by atoms with van der Waals surface area (Å²) in [5.41, 5.74) is 3.58. The molecule has 0 fully saturated rings. The molecule has 0 saturated carbocycles. The fourth-order valence-corrected chi connectivity index (χ4v) is 2.84. The Kier molecular flexibility index (Phi) is 5.81. The van der Waals surface area contributed by atoms with Gasteiger partial charge in [0.25, 0.3) is 5.91 Å². The quantitative estimate of drug-likeness (QED) is 0.695. The van der Waals surface area contributed by atoms with Crippen LogP contribution in [-0.4, -0.2) is 17.4 Å². The van der Waals surface area contributed by atoms with Gasteiger partial charge < -0.3 is 10.2 Å². The highest BCUT2D eigenvalue weighted by molar-refractivity contribution is 5.94. The molecule has 3 rings (SSSR count). The van der Waals surface area contributed by atoms with Gasteiger partial charge in [-0.25, -0.2) is 9.37 Å². The van der Waals surface area contributed by atoms with Crippen LogP contribution >= 0.6 is 0 Å². The summed E-state index contributed by atoms with van der Waals surface area (Å²) in [6.45, 7) is 5.23. The fraction of sp³-hybridized carbons (Fsp3) is 0.182. The first-order valence-electron chi connectivity index (χ1n) is 8.89. The molecule has 27 heavy (non-hydrogen) atoms. The van der Waals surface area contributed by atoms with E-state index in [4.69, 9.17) is 0 Å². The lowest BCUT2D eigenvalue weighted by molar-refractivity contribution is 0.0950. The first kappa shape index (κ1) is 18.6. The number of nitrogens with one attached hydrogen (secondary N) is 1. The lowest BCUT2D eigenvalue weighted by atomic mass is 10.2. The van der Waals surface area contributed by atoms with Gasteiger partial charge in [0.15, 0.2) is 0 Å². The lowest BCUT2D eigenvalue weighted by Crippen LogP contribution is -2.23. The van der Waals surface area contributed by atoms with Gasteiger partial charge in [0, 0.05) is 25.0 Å². The number of hydrogen-bond acceptors (Lipinski definition) is 3. The molecule has 0 atom stereocenters. The third-order valence-corrected chi connectivity index (χ3v) is 4.28. The zero-order chi connectivity index (χ0) is 19.2. The number of aryl methyl sites for hydroxylation is 1. The first-order chi connectivity index (χ1) is 13.1. The molecule has 1 amide bonds. The second-order valence-corrected chi connectivity index (χ2v) is 6.30. The Hall–Kier alpha value is -3.21. The van der Waals surface area contributed by atoms with Crippen molar-refractivity contribution < 1.29 is 9.18 Å². The molecule has 0 saturated heterocycles. The summed E-state index contributed by atoms with van der Waals surface area (Å²) in [6, 6.07) is 17.9. The Labute approximate surface area is 158 Å². The van der Waals surface area contributed by atoms with Crippen LogP contribution in [0.2, 0.25) is 0 Å². The number of amides is 1. The van der Waals surface area contributed by atoms with E-state index in [1.54, 1.807) is 24.4 Å². The number of hydrogen-bond donors (Lipinski definition) is 1. The van der Waals surface area contributed by atoms with Crippen LogP contribution in [-0.2, 0) is 6.54 Å². The van der Waals surface area contributed by atoms with E-state index in [0.29, 0.717) is 12.1 Å². The third kappa shape index (κ3) is 4.70. The van der Waals surface area contributed by atoms with E-state index in [1.807, 2.05) is 18.2 Å². The predicted molar refractivity (Wildman–Crippen MR) is 106 cm³/mol. The average molecular weight is 363 g/mol. The molecule has 0 unspecified atom stereocenters. The molecule has 0 spiro atoms. The van der Waals surface area contributed by atoms with Crippen LogP contribution in [0, 0.1) is 12.7 Å². The maximum atomic E-state index is 12.9. The van der Waals surface area contributed by atoms with Crippen LogP contribution in [0.3, 0.4) is 0 Å². The van der Waals surface area contributed by atoms with Gasteiger partial charge in [-0.15, -0.1) is 0 Å². The number of anilines is 2. The summed E-state index contributed by atoms with van der Waals surface area (Å²) in [5, 5.41) is 2.82. The SMILES string of the molecule is CCN(c1cccc(C)c1)c1ccc(C(=O)NCc2ccc(F)cc2)cn1. The van der Waals surface area contributed by atoms with Gasteiger partial charge in [0.2, 0.25) is 0 Å². The van der Waals surface area contributed by atoms with Gasteiger partial charge in [-0.05, 0) is 61.4 Å². The third-order valence-electron chi connectivity index (χ3n) is 4.28. The molecular formula is C22H22FN3O. The summed E-state index contributed by atoms with van der Waals surface area (Å²) < 4.78 is 12.9. The Morgan fingerprint density at radius 3 is 2.52 bits per heavy atom. The Bertz CT molecular complexity index is 908. The Morgan fingerprint density at radius 1 is 1.11 bits per heavy atom.